The summed E-state index contributed by atoms with van der Waals surface area (Å²) in [7, 11) is 2.12. The van der Waals surface area contributed by atoms with Gasteiger partial charge in [0.2, 0.25) is 0 Å². The first-order valence-corrected chi connectivity index (χ1v) is 6.68. The standard InChI is InChI=1S/C10H22O2Si/c1-10(2,13(11-3)12-4)8-9-6-5-7-9/h9,13H,5-8H2,1-4H3. The number of hydrogen-bond donors (Lipinski definition) is 0. The Morgan fingerprint density at radius 1 is 1.23 bits per heavy atom. The predicted octanol–water partition coefficient (Wildman–Crippen LogP) is 2.47. The number of hydrogen-bond acceptors (Lipinski definition) is 2. The smallest absolute Gasteiger partial charge is 0.326 e. The average molecular weight is 202 g/mol. The zero-order valence-corrected chi connectivity index (χ0v) is 10.5. The van der Waals surface area contributed by atoms with Crippen molar-refractivity contribution in [3.63, 3.8) is 0 Å². The van der Waals surface area contributed by atoms with Crippen LogP contribution in [0.2, 0.25) is 5.04 Å². The van der Waals surface area contributed by atoms with Crippen LogP contribution in [0.25, 0.3) is 0 Å². The lowest BCUT2D eigenvalue weighted by Crippen LogP contribution is -2.35. The Labute approximate surface area is 83.5 Å². The molecule has 0 N–H and O–H groups in total. The van der Waals surface area contributed by atoms with Gasteiger partial charge in [-0.05, 0) is 12.3 Å². The first-order valence-electron chi connectivity index (χ1n) is 5.15. The lowest BCUT2D eigenvalue weighted by atomic mass is 9.79. The molecule has 2 nitrogen and oxygen atoms in total. The highest BCUT2D eigenvalue weighted by molar-refractivity contribution is 6.48. The monoisotopic (exact) mass is 202 g/mol. The maximum atomic E-state index is 5.45. The minimum atomic E-state index is -1.44. The summed E-state index contributed by atoms with van der Waals surface area (Å²) in [4.78, 5) is 0. The Balaban J connectivity index is 2.41. The Hall–Kier alpha value is 0.137. The Morgan fingerprint density at radius 3 is 2.08 bits per heavy atom. The van der Waals surface area contributed by atoms with Crippen LogP contribution in [0, 0.1) is 5.92 Å². The largest absolute Gasteiger partial charge is 0.400 e. The maximum absolute atomic E-state index is 5.45. The predicted molar refractivity (Wildman–Crippen MR) is 57.2 cm³/mol. The Morgan fingerprint density at radius 2 is 1.77 bits per heavy atom. The van der Waals surface area contributed by atoms with E-state index in [-0.39, 0.29) is 5.04 Å². The molecular formula is C10H22O2Si. The molecule has 0 aromatic heterocycles. The molecule has 0 saturated heterocycles. The lowest BCUT2D eigenvalue weighted by molar-refractivity contribution is 0.207. The molecule has 3 heteroatoms. The molecule has 1 fully saturated rings. The van der Waals surface area contributed by atoms with Crippen molar-refractivity contribution in [2.45, 2.75) is 44.6 Å². The summed E-state index contributed by atoms with van der Waals surface area (Å²) in [5, 5.41) is 0.286. The fourth-order valence-corrected chi connectivity index (χ4v) is 4.27. The fraction of sp³-hybridized carbons (Fsp3) is 1.00. The van der Waals surface area contributed by atoms with E-state index in [9.17, 15) is 0 Å². The van der Waals surface area contributed by atoms with Crippen LogP contribution in [0.15, 0.2) is 0 Å². The van der Waals surface area contributed by atoms with Crippen molar-refractivity contribution in [3.05, 3.63) is 0 Å². The third-order valence-electron chi connectivity index (χ3n) is 3.11. The van der Waals surface area contributed by atoms with Gasteiger partial charge in [0, 0.05) is 19.3 Å². The second-order valence-corrected chi connectivity index (χ2v) is 7.96. The average Bonchev–Trinajstić information content (AvgIpc) is 1.99. The van der Waals surface area contributed by atoms with Crippen molar-refractivity contribution in [3.8, 4) is 0 Å². The molecule has 1 aliphatic rings. The van der Waals surface area contributed by atoms with Gasteiger partial charge in [0.1, 0.15) is 0 Å². The summed E-state index contributed by atoms with van der Waals surface area (Å²) in [6, 6.07) is 0. The summed E-state index contributed by atoms with van der Waals surface area (Å²) >= 11 is 0. The van der Waals surface area contributed by atoms with E-state index in [0.717, 1.165) is 5.92 Å². The molecule has 0 atom stereocenters. The van der Waals surface area contributed by atoms with Crippen LogP contribution in [-0.4, -0.2) is 23.5 Å². The van der Waals surface area contributed by atoms with Crippen LogP contribution in [0.3, 0.4) is 0 Å². The Bertz CT molecular complexity index is 151. The van der Waals surface area contributed by atoms with E-state index in [0.29, 0.717) is 0 Å². The minimum absolute atomic E-state index is 0.286. The van der Waals surface area contributed by atoms with Crippen molar-refractivity contribution in [1.82, 2.24) is 0 Å². The van der Waals surface area contributed by atoms with Gasteiger partial charge in [0.05, 0.1) is 0 Å². The summed E-state index contributed by atoms with van der Waals surface area (Å²) in [6.45, 7) is 4.57. The first kappa shape index (κ1) is 11.2. The highest BCUT2D eigenvalue weighted by Gasteiger charge is 2.36. The molecule has 0 aromatic carbocycles. The summed E-state index contributed by atoms with van der Waals surface area (Å²) in [6.07, 6.45) is 5.54. The molecule has 0 spiro atoms. The van der Waals surface area contributed by atoms with Crippen molar-refractivity contribution >= 4 is 9.28 Å². The second-order valence-electron chi connectivity index (χ2n) is 4.79. The fourth-order valence-electron chi connectivity index (χ4n) is 2.27. The van der Waals surface area contributed by atoms with Crippen LogP contribution < -0.4 is 0 Å². The van der Waals surface area contributed by atoms with Gasteiger partial charge in [-0.1, -0.05) is 33.1 Å². The molecule has 0 radical (unpaired) electrons. The van der Waals surface area contributed by atoms with Crippen LogP contribution >= 0.6 is 0 Å². The third kappa shape index (κ3) is 2.79. The SMILES string of the molecule is CO[SiH](OC)C(C)(C)CC1CCC1. The third-order valence-corrected chi connectivity index (χ3v) is 5.47. The van der Waals surface area contributed by atoms with Gasteiger partial charge in [-0.25, -0.2) is 0 Å². The Kier molecular flexibility index (Phi) is 3.95. The molecule has 0 amide bonds. The molecule has 0 bridgehead atoms. The maximum Gasteiger partial charge on any atom is 0.326 e. The van der Waals surface area contributed by atoms with Crippen molar-refractivity contribution in [2.75, 3.05) is 14.2 Å². The van der Waals surface area contributed by atoms with E-state index in [4.69, 9.17) is 8.85 Å². The highest BCUT2D eigenvalue weighted by atomic mass is 28.3. The van der Waals surface area contributed by atoms with Crippen LogP contribution in [0.5, 0.6) is 0 Å². The molecule has 1 aliphatic carbocycles. The zero-order valence-electron chi connectivity index (χ0n) is 9.30. The topological polar surface area (TPSA) is 18.5 Å². The van der Waals surface area contributed by atoms with Gasteiger partial charge in [-0.2, -0.15) is 0 Å². The highest BCUT2D eigenvalue weighted by Crippen LogP contribution is 2.43. The van der Waals surface area contributed by atoms with E-state index < -0.39 is 9.28 Å². The molecule has 0 aliphatic heterocycles. The van der Waals surface area contributed by atoms with E-state index in [1.165, 1.54) is 25.7 Å². The van der Waals surface area contributed by atoms with E-state index in [1.807, 2.05) is 0 Å². The molecule has 1 rings (SSSR count). The van der Waals surface area contributed by atoms with Gasteiger partial charge in [-0.15, -0.1) is 0 Å². The molecule has 13 heavy (non-hydrogen) atoms. The van der Waals surface area contributed by atoms with Gasteiger partial charge < -0.3 is 8.85 Å². The van der Waals surface area contributed by atoms with E-state index in [2.05, 4.69) is 13.8 Å². The molecule has 1 saturated carbocycles. The molecule has 0 unspecified atom stereocenters. The second kappa shape index (κ2) is 4.58. The molecule has 78 valence electrons. The lowest BCUT2D eigenvalue weighted by Gasteiger charge is -2.36. The first-order chi connectivity index (χ1) is 6.10. The van der Waals surface area contributed by atoms with E-state index in [1.54, 1.807) is 14.2 Å². The summed E-state index contributed by atoms with van der Waals surface area (Å²) in [5.74, 6) is 0.940. The summed E-state index contributed by atoms with van der Waals surface area (Å²) < 4.78 is 10.9. The van der Waals surface area contributed by atoms with Crippen molar-refractivity contribution in [2.24, 2.45) is 5.92 Å². The molecular weight excluding hydrogens is 180 g/mol. The molecule has 0 heterocycles. The van der Waals surface area contributed by atoms with Gasteiger partial charge in [0.15, 0.2) is 0 Å². The molecule has 0 aromatic rings. The van der Waals surface area contributed by atoms with Crippen LogP contribution in [0.4, 0.5) is 0 Å². The minimum Gasteiger partial charge on any atom is -0.400 e. The van der Waals surface area contributed by atoms with Crippen molar-refractivity contribution in [1.29, 1.82) is 0 Å². The zero-order chi connectivity index (χ0) is 9.90. The van der Waals surface area contributed by atoms with Crippen molar-refractivity contribution < 1.29 is 8.85 Å². The van der Waals surface area contributed by atoms with E-state index >= 15 is 0 Å². The normalized spacial score (nSPS) is 19.2. The summed E-state index contributed by atoms with van der Waals surface area (Å²) in [5.41, 5.74) is 0. The van der Waals surface area contributed by atoms with Crippen LogP contribution in [-0.2, 0) is 8.85 Å². The van der Waals surface area contributed by atoms with Gasteiger partial charge in [0.25, 0.3) is 0 Å². The quantitative estimate of drug-likeness (QED) is 0.638. The van der Waals surface area contributed by atoms with Gasteiger partial charge >= 0.3 is 9.28 Å². The van der Waals surface area contributed by atoms with Gasteiger partial charge in [-0.3, -0.25) is 0 Å². The van der Waals surface area contributed by atoms with Crippen LogP contribution in [0.1, 0.15) is 39.5 Å². The number of rotatable bonds is 5.